The predicted molar refractivity (Wildman–Crippen MR) is 133 cm³/mol. The molecule has 11 nitrogen and oxygen atoms in total. The number of esters is 2. The van der Waals surface area contributed by atoms with E-state index in [2.05, 4.69) is 4.90 Å². The van der Waals surface area contributed by atoms with E-state index in [1.54, 1.807) is 18.7 Å². The minimum atomic E-state index is -0.849. The number of carbonyl (C=O) groups excluding carboxylic acids is 3. The molecule has 1 unspecified atom stereocenters. The molecular weight excluding hydrogens is 466 g/mol. The van der Waals surface area contributed by atoms with Gasteiger partial charge in [-0.2, -0.15) is 0 Å². The number of piperidine rings is 2. The van der Waals surface area contributed by atoms with Crippen LogP contribution in [0.1, 0.15) is 58.8 Å². The normalized spacial score (nSPS) is 22.8. The molecule has 0 spiro atoms. The maximum atomic E-state index is 12.7. The minimum Gasteiger partial charge on any atom is -0.466 e. The van der Waals surface area contributed by atoms with Crippen molar-refractivity contribution < 1.29 is 28.6 Å². The zero-order valence-electron chi connectivity index (χ0n) is 21.8. The summed E-state index contributed by atoms with van der Waals surface area (Å²) >= 11 is 0. The first kappa shape index (κ1) is 28.0. The van der Waals surface area contributed by atoms with Gasteiger partial charge in [0.2, 0.25) is 0 Å². The van der Waals surface area contributed by atoms with E-state index in [4.69, 9.17) is 25.4 Å². The van der Waals surface area contributed by atoms with Crippen molar-refractivity contribution in [1.82, 2.24) is 14.7 Å². The van der Waals surface area contributed by atoms with Crippen molar-refractivity contribution in [2.75, 3.05) is 59.0 Å². The molecule has 0 aromatic carbocycles. The molecule has 1 amide bonds. The third-order valence-electron chi connectivity index (χ3n) is 7.72. The third-order valence-corrected chi connectivity index (χ3v) is 7.72. The highest BCUT2D eigenvalue weighted by Crippen LogP contribution is 2.37. The van der Waals surface area contributed by atoms with Crippen LogP contribution in [0.2, 0.25) is 0 Å². The number of nitrogens with one attached hydrogen (secondary N) is 1. The highest BCUT2D eigenvalue weighted by atomic mass is 16.6. The number of ether oxygens (including phenoxy) is 3. The van der Waals surface area contributed by atoms with Gasteiger partial charge >= 0.3 is 18.0 Å². The fourth-order valence-electron chi connectivity index (χ4n) is 5.56. The number of likely N-dealkylation sites (tertiary alicyclic amines) is 2. The molecule has 11 heteroatoms. The monoisotopic (exact) mass is 509 g/mol. The summed E-state index contributed by atoms with van der Waals surface area (Å²) in [7, 11) is 0. The maximum absolute atomic E-state index is 12.7. The fraction of sp³-hybridized carbons (Fsp3) is 0.840. The van der Waals surface area contributed by atoms with Crippen LogP contribution in [0, 0.1) is 16.7 Å². The van der Waals surface area contributed by atoms with Gasteiger partial charge in [0.15, 0.2) is 5.96 Å². The first-order valence-corrected chi connectivity index (χ1v) is 13.4. The molecule has 204 valence electrons. The van der Waals surface area contributed by atoms with Crippen LogP contribution >= 0.6 is 0 Å². The molecular formula is C25H43N5O6. The molecule has 0 aromatic heterocycles. The molecule has 0 aromatic rings. The van der Waals surface area contributed by atoms with Gasteiger partial charge in [-0.05, 0) is 71.4 Å². The molecule has 0 bridgehead atoms. The summed E-state index contributed by atoms with van der Waals surface area (Å²) in [5, 5.41) is 7.54. The van der Waals surface area contributed by atoms with E-state index in [9.17, 15) is 14.4 Å². The van der Waals surface area contributed by atoms with Gasteiger partial charge in [0.05, 0.1) is 31.6 Å². The van der Waals surface area contributed by atoms with Crippen molar-refractivity contribution in [2.45, 2.75) is 64.9 Å². The fourth-order valence-corrected chi connectivity index (χ4v) is 5.56. The van der Waals surface area contributed by atoms with E-state index in [1.165, 1.54) is 0 Å². The van der Waals surface area contributed by atoms with Crippen molar-refractivity contribution in [3.05, 3.63) is 0 Å². The molecule has 3 aliphatic rings. The van der Waals surface area contributed by atoms with Crippen molar-refractivity contribution in [3.8, 4) is 0 Å². The summed E-state index contributed by atoms with van der Waals surface area (Å²) in [4.78, 5) is 43.2. The van der Waals surface area contributed by atoms with Crippen LogP contribution in [-0.2, 0) is 23.8 Å². The van der Waals surface area contributed by atoms with Gasteiger partial charge in [0.1, 0.15) is 6.10 Å². The van der Waals surface area contributed by atoms with E-state index in [-0.39, 0.29) is 49.7 Å². The highest BCUT2D eigenvalue weighted by Gasteiger charge is 2.45. The molecule has 3 N–H and O–H groups in total. The van der Waals surface area contributed by atoms with E-state index in [0.717, 1.165) is 38.8 Å². The third kappa shape index (κ3) is 7.47. The quantitative estimate of drug-likeness (QED) is 0.185. The smallest absolute Gasteiger partial charge is 0.410 e. The lowest BCUT2D eigenvalue weighted by Gasteiger charge is -2.39. The van der Waals surface area contributed by atoms with E-state index < -0.39 is 5.41 Å². The summed E-state index contributed by atoms with van der Waals surface area (Å²) in [5.74, 6) is 0.0585. The summed E-state index contributed by atoms with van der Waals surface area (Å²) in [6, 6.07) is 0. The summed E-state index contributed by atoms with van der Waals surface area (Å²) < 4.78 is 16.0. The number of hydrogen-bond donors (Lipinski definition) is 2. The number of cyclic esters (lactones) is 1. The molecule has 0 saturated carbocycles. The minimum absolute atomic E-state index is 0.0352. The van der Waals surface area contributed by atoms with Crippen molar-refractivity contribution in [1.29, 1.82) is 5.41 Å². The van der Waals surface area contributed by atoms with Crippen LogP contribution < -0.4 is 5.73 Å². The Hall–Kier alpha value is -2.56. The molecule has 1 atom stereocenters. The first-order chi connectivity index (χ1) is 17.3. The van der Waals surface area contributed by atoms with E-state index in [0.29, 0.717) is 51.5 Å². The number of hydrogen-bond acceptors (Lipinski definition) is 8. The standard InChI is InChI=1S/C25H43N5O6/c1-3-34-21(31)16-25(22(32)35-4-2)9-14-28(15-10-25)17-20-18-30(24(33)36-20)11-5-6-19-7-12-29(13-8-19)23(26)27/h19-20H,3-18H2,1-2H3,(H3,26,27). The Kier molecular flexibility index (Phi) is 10.2. The number of rotatable bonds is 11. The molecule has 3 aliphatic heterocycles. The molecule has 0 radical (unpaired) electrons. The average Bonchev–Trinajstić information content (AvgIpc) is 3.19. The van der Waals surface area contributed by atoms with Crippen molar-refractivity contribution in [3.63, 3.8) is 0 Å². The Labute approximate surface area is 214 Å². The van der Waals surface area contributed by atoms with Crippen LogP contribution in [0.25, 0.3) is 0 Å². The van der Waals surface area contributed by atoms with Gasteiger partial charge < -0.3 is 29.7 Å². The van der Waals surface area contributed by atoms with Gasteiger partial charge in [0.25, 0.3) is 0 Å². The molecule has 36 heavy (non-hydrogen) atoms. The number of carbonyl (C=O) groups is 3. The summed E-state index contributed by atoms with van der Waals surface area (Å²) in [6.07, 6.45) is 4.66. The molecule has 3 fully saturated rings. The molecule has 3 heterocycles. The Morgan fingerprint density at radius 3 is 2.39 bits per heavy atom. The topological polar surface area (TPSA) is 138 Å². The largest absolute Gasteiger partial charge is 0.466 e. The number of amides is 1. The second kappa shape index (κ2) is 13.1. The number of nitrogens with zero attached hydrogens (tertiary/aromatic N) is 3. The molecule has 3 saturated heterocycles. The van der Waals surface area contributed by atoms with Crippen LogP contribution in [0.3, 0.4) is 0 Å². The summed E-state index contributed by atoms with van der Waals surface area (Å²) in [6.45, 7) is 8.89. The van der Waals surface area contributed by atoms with Crippen LogP contribution in [0.4, 0.5) is 4.79 Å². The van der Waals surface area contributed by atoms with E-state index in [1.807, 2.05) is 4.90 Å². The first-order valence-electron chi connectivity index (χ1n) is 13.4. The zero-order chi connectivity index (χ0) is 26.1. The van der Waals surface area contributed by atoms with Crippen molar-refractivity contribution >= 4 is 24.0 Å². The van der Waals surface area contributed by atoms with Gasteiger partial charge in [-0.25, -0.2) is 4.79 Å². The van der Waals surface area contributed by atoms with E-state index >= 15 is 0 Å². The Bertz CT molecular complexity index is 777. The highest BCUT2D eigenvalue weighted by molar-refractivity contribution is 5.83. The lowest BCUT2D eigenvalue weighted by Crippen LogP contribution is -2.48. The van der Waals surface area contributed by atoms with Gasteiger partial charge in [-0.1, -0.05) is 0 Å². The Morgan fingerprint density at radius 1 is 1.11 bits per heavy atom. The lowest BCUT2D eigenvalue weighted by atomic mass is 9.75. The van der Waals surface area contributed by atoms with Crippen molar-refractivity contribution in [2.24, 2.45) is 17.1 Å². The maximum Gasteiger partial charge on any atom is 0.410 e. The predicted octanol–water partition coefficient (Wildman–Crippen LogP) is 1.79. The van der Waals surface area contributed by atoms with Crippen LogP contribution in [0.5, 0.6) is 0 Å². The Morgan fingerprint density at radius 2 is 1.78 bits per heavy atom. The SMILES string of the molecule is CCOC(=O)CC1(C(=O)OCC)CCN(CC2CN(CCCC3CCN(C(=N)N)CC3)C(=O)O2)CC1. The molecule has 0 aliphatic carbocycles. The Balaban J connectivity index is 1.40. The zero-order valence-corrected chi connectivity index (χ0v) is 21.8. The average molecular weight is 510 g/mol. The second-order valence-corrected chi connectivity index (χ2v) is 10.2. The van der Waals surface area contributed by atoms with Gasteiger partial charge in [-0.3, -0.25) is 19.9 Å². The van der Waals surface area contributed by atoms with Gasteiger partial charge in [0, 0.05) is 26.2 Å². The number of nitrogens with two attached hydrogens (primary N) is 1. The van der Waals surface area contributed by atoms with Crippen LogP contribution in [0.15, 0.2) is 0 Å². The van der Waals surface area contributed by atoms with Crippen LogP contribution in [-0.4, -0.2) is 104 Å². The van der Waals surface area contributed by atoms with Gasteiger partial charge in [-0.15, -0.1) is 0 Å². The summed E-state index contributed by atoms with van der Waals surface area (Å²) in [5.41, 5.74) is 4.72. The number of guanidine groups is 1. The lowest BCUT2D eigenvalue weighted by molar-refractivity contribution is -0.165. The molecule has 3 rings (SSSR count). The second-order valence-electron chi connectivity index (χ2n) is 10.2.